The van der Waals surface area contributed by atoms with E-state index in [1.165, 1.54) is 5.56 Å². The lowest BCUT2D eigenvalue weighted by atomic mass is 10.2. The summed E-state index contributed by atoms with van der Waals surface area (Å²) in [4.78, 5) is 5.89. The molecule has 1 aromatic carbocycles. The first-order valence-corrected chi connectivity index (χ1v) is 8.43. The molecular weight excluding hydrogens is 292 g/mol. The van der Waals surface area contributed by atoms with E-state index in [1.54, 1.807) is 17.6 Å². The fraction of sp³-hybridized carbons (Fsp3) is 0.278. The molecule has 114 valence electrons. The van der Waals surface area contributed by atoms with Crippen molar-refractivity contribution in [2.45, 2.75) is 33.2 Å². The monoisotopic (exact) mass is 312 g/mol. The third-order valence-electron chi connectivity index (χ3n) is 3.88. The van der Waals surface area contributed by atoms with Crippen LogP contribution in [0.5, 0.6) is 0 Å². The first kappa shape index (κ1) is 14.9. The lowest BCUT2D eigenvalue weighted by molar-refractivity contribution is 0.509. The van der Waals surface area contributed by atoms with Crippen molar-refractivity contribution >= 4 is 17.0 Å². The second-order valence-electron chi connectivity index (χ2n) is 5.41. The Kier molecular flexibility index (Phi) is 4.29. The molecule has 1 unspecified atom stereocenters. The van der Waals surface area contributed by atoms with Gasteiger partial charge in [0.1, 0.15) is 0 Å². The number of benzene rings is 1. The standard InChI is InChI=1S/C18H20N2OS/c1-4-14(3)20-16(17-10-7-11-21-17)12-22-18(20)19-15-9-6-5-8-13(15)2/h5-12,14H,4H2,1-3H3. The van der Waals surface area contributed by atoms with Gasteiger partial charge in [-0.3, -0.25) is 0 Å². The van der Waals surface area contributed by atoms with Crippen LogP contribution >= 0.6 is 11.3 Å². The molecular formula is C18H20N2OS. The Balaban J connectivity index is 2.19. The molecule has 0 spiro atoms. The molecule has 0 aliphatic heterocycles. The molecule has 0 N–H and O–H groups in total. The maximum absolute atomic E-state index is 5.59. The summed E-state index contributed by atoms with van der Waals surface area (Å²) in [6.07, 6.45) is 2.76. The quantitative estimate of drug-likeness (QED) is 0.641. The fourth-order valence-corrected chi connectivity index (χ4v) is 3.40. The summed E-state index contributed by atoms with van der Waals surface area (Å²) in [5, 5.41) is 2.13. The Hall–Kier alpha value is -2.07. The van der Waals surface area contributed by atoms with Crippen molar-refractivity contribution in [1.29, 1.82) is 0 Å². The van der Waals surface area contributed by atoms with Crippen molar-refractivity contribution in [3.05, 3.63) is 58.4 Å². The van der Waals surface area contributed by atoms with E-state index >= 15 is 0 Å². The van der Waals surface area contributed by atoms with Gasteiger partial charge in [-0.25, -0.2) is 4.99 Å². The van der Waals surface area contributed by atoms with Crippen molar-refractivity contribution < 1.29 is 4.42 Å². The molecule has 0 saturated heterocycles. The molecule has 3 rings (SSSR count). The molecule has 1 atom stereocenters. The van der Waals surface area contributed by atoms with Gasteiger partial charge in [-0.15, -0.1) is 11.3 Å². The van der Waals surface area contributed by atoms with Crippen molar-refractivity contribution in [2.75, 3.05) is 0 Å². The minimum Gasteiger partial charge on any atom is -0.463 e. The maximum Gasteiger partial charge on any atom is 0.190 e. The van der Waals surface area contributed by atoms with Crippen LogP contribution in [0.2, 0.25) is 0 Å². The van der Waals surface area contributed by atoms with Gasteiger partial charge in [0.05, 0.1) is 17.6 Å². The van der Waals surface area contributed by atoms with Crippen LogP contribution in [0, 0.1) is 6.92 Å². The molecule has 2 aromatic heterocycles. The van der Waals surface area contributed by atoms with E-state index in [9.17, 15) is 0 Å². The van der Waals surface area contributed by atoms with Gasteiger partial charge in [-0.05, 0) is 44.0 Å². The summed E-state index contributed by atoms with van der Waals surface area (Å²) in [7, 11) is 0. The largest absolute Gasteiger partial charge is 0.463 e. The third kappa shape index (κ3) is 2.79. The number of thiazole rings is 1. The van der Waals surface area contributed by atoms with Crippen molar-refractivity contribution in [3.63, 3.8) is 0 Å². The highest BCUT2D eigenvalue weighted by Gasteiger charge is 2.14. The van der Waals surface area contributed by atoms with E-state index in [1.807, 2.05) is 24.3 Å². The molecule has 4 heteroatoms. The summed E-state index contributed by atoms with van der Waals surface area (Å²) in [5.74, 6) is 0.891. The van der Waals surface area contributed by atoms with Crippen molar-refractivity contribution in [2.24, 2.45) is 4.99 Å². The van der Waals surface area contributed by atoms with Gasteiger partial charge < -0.3 is 8.98 Å². The molecule has 0 amide bonds. The number of nitrogens with zero attached hydrogens (tertiary/aromatic N) is 2. The highest BCUT2D eigenvalue weighted by atomic mass is 32.1. The average molecular weight is 312 g/mol. The van der Waals surface area contributed by atoms with Crippen LogP contribution in [0.4, 0.5) is 5.69 Å². The molecule has 0 aliphatic carbocycles. The fourth-order valence-electron chi connectivity index (χ4n) is 2.41. The zero-order chi connectivity index (χ0) is 15.5. The summed E-state index contributed by atoms with van der Waals surface area (Å²) in [6, 6.07) is 12.5. The van der Waals surface area contributed by atoms with E-state index in [0.29, 0.717) is 6.04 Å². The Morgan fingerprint density at radius 1 is 1.23 bits per heavy atom. The Morgan fingerprint density at radius 2 is 2.05 bits per heavy atom. The summed E-state index contributed by atoms with van der Waals surface area (Å²) in [6.45, 7) is 6.50. The number of rotatable bonds is 4. The lowest BCUT2D eigenvalue weighted by Gasteiger charge is -2.14. The maximum atomic E-state index is 5.59. The second kappa shape index (κ2) is 6.36. The van der Waals surface area contributed by atoms with Gasteiger partial charge >= 0.3 is 0 Å². The van der Waals surface area contributed by atoms with Crippen LogP contribution in [0.25, 0.3) is 11.5 Å². The topological polar surface area (TPSA) is 30.4 Å². The molecule has 3 nitrogen and oxygen atoms in total. The van der Waals surface area contributed by atoms with E-state index in [2.05, 4.69) is 42.9 Å². The highest BCUT2D eigenvalue weighted by molar-refractivity contribution is 7.07. The van der Waals surface area contributed by atoms with E-state index in [4.69, 9.17) is 9.41 Å². The first-order valence-electron chi connectivity index (χ1n) is 7.55. The third-order valence-corrected chi connectivity index (χ3v) is 4.72. The molecule has 2 heterocycles. The summed E-state index contributed by atoms with van der Waals surface area (Å²) >= 11 is 1.66. The molecule has 3 aromatic rings. The average Bonchev–Trinajstić information content (AvgIpc) is 3.18. The molecule has 0 bridgehead atoms. The molecule has 0 fully saturated rings. The number of furan rings is 1. The Bertz CT molecular complexity index is 812. The zero-order valence-electron chi connectivity index (χ0n) is 13.1. The van der Waals surface area contributed by atoms with Crippen molar-refractivity contribution in [3.8, 4) is 11.5 Å². The van der Waals surface area contributed by atoms with Gasteiger partial charge in [-0.1, -0.05) is 25.1 Å². The summed E-state index contributed by atoms with van der Waals surface area (Å²) in [5.41, 5.74) is 3.30. The number of hydrogen-bond donors (Lipinski definition) is 0. The van der Waals surface area contributed by atoms with Crippen molar-refractivity contribution in [1.82, 2.24) is 4.57 Å². The number of aryl methyl sites for hydroxylation is 1. The van der Waals surface area contributed by atoms with E-state index in [0.717, 1.165) is 28.4 Å². The summed E-state index contributed by atoms with van der Waals surface area (Å²) < 4.78 is 7.86. The molecule has 0 aliphatic rings. The first-order chi connectivity index (χ1) is 10.7. The predicted molar refractivity (Wildman–Crippen MR) is 91.4 cm³/mol. The van der Waals surface area contributed by atoms with Gasteiger partial charge in [0, 0.05) is 11.4 Å². The van der Waals surface area contributed by atoms with Crippen LogP contribution in [0.15, 0.2) is 57.5 Å². The van der Waals surface area contributed by atoms with Crippen LogP contribution in [0.1, 0.15) is 31.9 Å². The van der Waals surface area contributed by atoms with Gasteiger partial charge in [0.15, 0.2) is 10.6 Å². The Labute approximate surface area is 134 Å². The smallest absolute Gasteiger partial charge is 0.190 e. The zero-order valence-corrected chi connectivity index (χ0v) is 13.9. The van der Waals surface area contributed by atoms with Gasteiger partial charge in [0.25, 0.3) is 0 Å². The normalized spacial score (nSPS) is 13.5. The minimum absolute atomic E-state index is 0.370. The second-order valence-corrected chi connectivity index (χ2v) is 6.24. The van der Waals surface area contributed by atoms with Gasteiger partial charge in [-0.2, -0.15) is 0 Å². The van der Waals surface area contributed by atoms with E-state index < -0.39 is 0 Å². The number of aromatic nitrogens is 1. The molecule has 22 heavy (non-hydrogen) atoms. The molecule has 0 radical (unpaired) electrons. The number of hydrogen-bond acceptors (Lipinski definition) is 3. The number of para-hydroxylation sites is 1. The van der Waals surface area contributed by atoms with Crippen LogP contribution in [-0.2, 0) is 0 Å². The van der Waals surface area contributed by atoms with Gasteiger partial charge in [0.2, 0.25) is 0 Å². The molecule has 0 saturated carbocycles. The van der Waals surface area contributed by atoms with Crippen LogP contribution in [0.3, 0.4) is 0 Å². The SMILES string of the molecule is CCC(C)n1c(-c2ccco2)csc1=Nc1ccccc1C. The Morgan fingerprint density at radius 3 is 2.73 bits per heavy atom. The highest BCUT2D eigenvalue weighted by Crippen LogP contribution is 2.25. The van der Waals surface area contributed by atoms with Crippen LogP contribution in [-0.4, -0.2) is 4.57 Å². The predicted octanol–water partition coefficient (Wildman–Crippen LogP) is 5.32. The van der Waals surface area contributed by atoms with E-state index in [-0.39, 0.29) is 0 Å². The van der Waals surface area contributed by atoms with Crippen LogP contribution < -0.4 is 4.80 Å². The minimum atomic E-state index is 0.370. The lowest BCUT2D eigenvalue weighted by Crippen LogP contribution is -2.19.